The van der Waals surface area contributed by atoms with Gasteiger partial charge in [0.2, 0.25) is 0 Å². The van der Waals surface area contributed by atoms with E-state index in [1.165, 1.54) is 11.8 Å². The number of hydrogen-bond acceptors (Lipinski definition) is 3. The topological polar surface area (TPSA) is 29.1 Å². The van der Waals surface area contributed by atoms with E-state index in [0.717, 1.165) is 4.90 Å². The van der Waals surface area contributed by atoms with Crippen molar-refractivity contribution in [2.75, 3.05) is 11.6 Å². The van der Waals surface area contributed by atoms with Crippen LogP contribution in [0.15, 0.2) is 58.3 Å². The lowest BCUT2D eigenvalue weighted by Gasteiger charge is -2.09. The third-order valence-electron chi connectivity index (χ3n) is 2.69. The second kappa shape index (κ2) is 7.47. The Bertz CT molecular complexity index is 617. The molecule has 0 spiro atoms. The molecular formula is C15H13F2NOS2. The fourth-order valence-electron chi connectivity index (χ4n) is 1.75. The Hall–Kier alpha value is -1.53. The first-order valence-electron chi connectivity index (χ1n) is 6.09. The van der Waals surface area contributed by atoms with E-state index in [2.05, 4.69) is 5.32 Å². The first kappa shape index (κ1) is 15.9. The molecule has 0 aromatic heterocycles. The molecule has 0 fully saturated rings. The molecule has 0 aliphatic carbocycles. The summed E-state index contributed by atoms with van der Waals surface area (Å²) in [5, 5.41) is 2.76. The largest absolute Gasteiger partial charge is 0.322 e. The average Bonchev–Trinajstić information content (AvgIpc) is 2.48. The molecule has 21 heavy (non-hydrogen) atoms. The molecule has 6 heteroatoms. The van der Waals surface area contributed by atoms with Gasteiger partial charge in [-0.25, -0.2) is 0 Å². The lowest BCUT2D eigenvalue weighted by molar-refractivity contribution is 0.102. The minimum atomic E-state index is -2.45. The maximum Gasteiger partial charge on any atom is 0.288 e. The second-order valence-corrected chi connectivity index (χ2v) is 5.97. The summed E-state index contributed by atoms with van der Waals surface area (Å²) in [5.41, 5.74) is 1.17. The summed E-state index contributed by atoms with van der Waals surface area (Å²) in [6, 6.07) is 13.7. The standard InChI is InChI=1S/C15H13F2NOS2/c1-20-13-5-3-2-4-12(13)14(19)18-10-6-8-11(9-7-10)21-15(16)17/h2-9,15H,1H3,(H,18,19). The van der Waals surface area contributed by atoms with Crippen molar-refractivity contribution in [1.82, 2.24) is 0 Å². The lowest BCUT2D eigenvalue weighted by Crippen LogP contribution is -2.12. The van der Waals surface area contributed by atoms with E-state index < -0.39 is 5.76 Å². The van der Waals surface area contributed by atoms with Gasteiger partial charge in [-0.05, 0) is 42.7 Å². The Balaban J connectivity index is 2.09. The van der Waals surface area contributed by atoms with Gasteiger partial charge in [0.15, 0.2) is 0 Å². The minimum absolute atomic E-state index is 0.214. The quantitative estimate of drug-likeness (QED) is 0.787. The molecule has 0 aliphatic rings. The third-order valence-corrected chi connectivity index (χ3v) is 4.21. The smallest absolute Gasteiger partial charge is 0.288 e. The molecule has 2 nitrogen and oxygen atoms in total. The number of alkyl halides is 2. The van der Waals surface area contributed by atoms with Crippen LogP contribution in [0.3, 0.4) is 0 Å². The van der Waals surface area contributed by atoms with Crippen molar-refractivity contribution in [3.63, 3.8) is 0 Å². The maximum absolute atomic E-state index is 12.2. The van der Waals surface area contributed by atoms with E-state index in [0.29, 0.717) is 27.9 Å². The predicted octanol–water partition coefficient (Wildman–Crippen LogP) is 4.98. The van der Waals surface area contributed by atoms with E-state index >= 15 is 0 Å². The van der Waals surface area contributed by atoms with Gasteiger partial charge in [0.25, 0.3) is 11.7 Å². The maximum atomic E-state index is 12.2. The van der Waals surface area contributed by atoms with Crippen LogP contribution in [0.5, 0.6) is 0 Å². The minimum Gasteiger partial charge on any atom is -0.322 e. The molecule has 1 amide bonds. The van der Waals surface area contributed by atoms with Gasteiger partial charge in [0.1, 0.15) is 0 Å². The van der Waals surface area contributed by atoms with E-state index in [1.807, 2.05) is 18.4 Å². The fourth-order valence-corrected chi connectivity index (χ4v) is 2.84. The SMILES string of the molecule is CSc1ccccc1C(=O)Nc1ccc(SC(F)F)cc1. The molecule has 2 rings (SSSR count). The normalized spacial score (nSPS) is 10.7. The van der Waals surface area contributed by atoms with Crippen molar-refractivity contribution >= 4 is 35.1 Å². The molecule has 2 aromatic rings. The number of hydrogen-bond donors (Lipinski definition) is 1. The monoisotopic (exact) mass is 325 g/mol. The van der Waals surface area contributed by atoms with E-state index in [1.54, 1.807) is 36.4 Å². The molecule has 0 heterocycles. The van der Waals surface area contributed by atoms with Crippen molar-refractivity contribution < 1.29 is 13.6 Å². The highest BCUT2D eigenvalue weighted by Crippen LogP contribution is 2.26. The summed E-state index contributed by atoms with van der Waals surface area (Å²) in [6.07, 6.45) is 1.91. The lowest BCUT2D eigenvalue weighted by atomic mass is 10.2. The zero-order chi connectivity index (χ0) is 15.2. The van der Waals surface area contributed by atoms with Crippen LogP contribution < -0.4 is 5.32 Å². The number of benzene rings is 2. The highest BCUT2D eigenvalue weighted by molar-refractivity contribution is 7.99. The Labute approximate surface area is 130 Å². The van der Waals surface area contributed by atoms with Crippen LogP contribution in [0.2, 0.25) is 0 Å². The number of rotatable bonds is 5. The van der Waals surface area contributed by atoms with Gasteiger partial charge in [-0.3, -0.25) is 4.79 Å². The van der Waals surface area contributed by atoms with Crippen molar-refractivity contribution in [3.05, 3.63) is 54.1 Å². The number of anilines is 1. The first-order valence-corrected chi connectivity index (χ1v) is 8.20. The highest BCUT2D eigenvalue weighted by Gasteiger charge is 2.11. The van der Waals surface area contributed by atoms with E-state index in [4.69, 9.17) is 0 Å². The van der Waals surface area contributed by atoms with Gasteiger partial charge < -0.3 is 5.32 Å². The molecule has 0 bridgehead atoms. The number of amides is 1. The van der Waals surface area contributed by atoms with Crippen LogP contribution in [0.1, 0.15) is 10.4 Å². The predicted molar refractivity (Wildman–Crippen MR) is 84.5 cm³/mol. The number of halogens is 2. The number of nitrogens with one attached hydrogen (secondary N) is 1. The fraction of sp³-hybridized carbons (Fsp3) is 0.133. The molecule has 0 aliphatic heterocycles. The molecule has 0 atom stereocenters. The third kappa shape index (κ3) is 4.47. The zero-order valence-electron chi connectivity index (χ0n) is 11.2. The van der Waals surface area contributed by atoms with Crippen LogP contribution in [-0.2, 0) is 0 Å². The molecule has 0 radical (unpaired) electrons. The summed E-state index contributed by atoms with van der Waals surface area (Å²) in [4.78, 5) is 13.6. The van der Waals surface area contributed by atoms with Crippen LogP contribution >= 0.6 is 23.5 Å². The van der Waals surface area contributed by atoms with Gasteiger partial charge in [-0.1, -0.05) is 23.9 Å². The summed E-state index contributed by atoms with van der Waals surface area (Å²) in [6.45, 7) is 0. The van der Waals surface area contributed by atoms with E-state index in [-0.39, 0.29) is 5.91 Å². The van der Waals surface area contributed by atoms with Crippen LogP contribution in [-0.4, -0.2) is 17.9 Å². The Kier molecular flexibility index (Phi) is 5.64. The second-order valence-electron chi connectivity index (χ2n) is 4.06. The molecule has 0 saturated heterocycles. The average molecular weight is 325 g/mol. The van der Waals surface area contributed by atoms with Gasteiger partial charge >= 0.3 is 0 Å². The zero-order valence-corrected chi connectivity index (χ0v) is 12.8. The van der Waals surface area contributed by atoms with Crippen LogP contribution in [0.25, 0.3) is 0 Å². The van der Waals surface area contributed by atoms with Crippen molar-refractivity contribution in [2.45, 2.75) is 15.5 Å². The summed E-state index contributed by atoms with van der Waals surface area (Å²) < 4.78 is 24.5. The van der Waals surface area contributed by atoms with Gasteiger partial charge in [-0.15, -0.1) is 11.8 Å². The Morgan fingerprint density at radius 1 is 1.10 bits per heavy atom. The van der Waals surface area contributed by atoms with Gasteiger partial charge in [-0.2, -0.15) is 8.78 Å². The summed E-state index contributed by atoms with van der Waals surface area (Å²) in [5.74, 6) is -2.66. The molecule has 0 saturated carbocycles. The Morgan fingerprint density at radius 2 is 1.76 bits per heavy atom. The van der Waals surface area contributed by atoms with Crippen molar-refractivity contribution in [3.8, 4) is 0 Å². The number of thioether (sulfide) groups is 2. The molecule has 0 unspecified atom stereocenters. The van der Waals surface area contributed by atoms with E-state index in [9.17, 15) is 13.6 Å². The van der Waals surface area contributed by atoms with Crippen molar-refractivity contribution in [2.24, 2.45) is 0 Å². The molecule has 1 N–H and O–H groups in total. The van der Waals surface area contributed by atoms with Crippen LogP contribution in [0, 0.1) is 0 Å². The summed E-state index contributed by atoms with van der Waals surface area (Å²) in [7, 11) is 0. The first-order chi connectivity index (χ1) is 10.1. The number of carbonyl (C=O) groups excluding carboxylic acids is 1. The van der Waals surface area contributed by atoms with Gasteiger partial charge in [0.05, 0.1) is 5.56 Å². The molecular weight excluding hydrogens is 312 g/mol. The molecule has 110 valence electrons. The van der Waals surface area contributed by atoms with Gasteiger partial charge in [0, 0.05) is 15.5 Å². The highest BCUT2D eigenvalue weighted by atomic mass is 32.2. The Morgan fingerprint density at radius 3 is 2.38 bits per heavy atom. The summed E-state index contributed by atoms with van der Waals surface area (Å²) >= 11 is 1.98. The molecule has 2 aromatic carbocycles. The van der Waals surface area contributed by atoms with Crippen molar-refractivity contribution in [1.29, 1.82) is 0 Å². The number of carbonyl (C=O) groups is 1. The van der Waals surface area contributed by atoms with Crippen LogP contribution in [0.4, 0.5) is 14.5 Å².